The molecule has 2 heteroatoms. The van der Waals surface area contributed by atoms with Gasteiger partial charge in [0.2, 0.25) is 0 Å². The third-order valence-electron chi connectivity index (χ3n) is 11.2. The summed E-state index contributed by atoms with van der Waals surface area (Å²) in [6.07, 6.45) is 0. The summed E-state index contributed by atoms with van der Waals surface area (Å²) in [5.41, 5.74) is 11.9. The number of furan rings is 1. The predicted octanol–water partition coefficient (Wildman–Crippen LogP) is 15.5. The van der Waals surface area contributed by atoms with Crippen LogP contribution in [0.4, 0.5) is 17.1 Å². The Kier molecular flexibility index (Phi) is 7.53. The molecule has 11 rings (SSSR count). The van der Waals surface area contributed by atoms with Crippen LogP contribution in [0.5, 0.6) is 0 Å². The second-order valence-corrected chi connectivity index (χ2v) is 14.5. The Morgan fingerprint density at radius 2 is 0.911 bits per heavy atom. The van der Waals surface area contributed by atoms with Gasteiger partial charge in [-0.25, -0.2) is 0 Å². The lowest BCUT2D eigenvalue weighted by molar-refractivity contribution is 0.669. The van der Waals surface area contributed by atoms with Crippen molar-refractivity contribution in [1.29, 1.82) is 0 Å². The Labute approximate surface area is 325 Å². The van der Waals surface area contributed by atoms with E-state index in [1.54, 1.807) is 0 Å². The fourth-order valence-corrected chi connectivity index (χ4v) is 8.49. The zero-order valence-corrected chi connectivity index (χ0v) is 30.6. The van der Waals surface area contributed by atoms with Gasteiger partial charge in [-0.05, 0) is 109 Å². The Balaban J connectivity index is 1.15. The van der Waals surface area contributed by atoms with Crippen LogP contribution in [0.2, 0.25) is 0 Å². The number of fused-ring (bicyclic) bond motifs is 7. The second kappa shape index (κ2) is 13.2. The molecule has 0 aliphatic rings. The molecule has 0 saturated heterocycles. The van der Waals surface area contributed by atoms with Crippen molar-refractivity contribution in [1.82, 2.24) is 0 Å². The maximum absolute atomic E-state index is 6.50. The molecule has 0 bridgehead atoms. The average Bonchev–Trinajstić information content (AvgIpc) is 3.64. The molecule has 2 nitrogen and oxygen atoms in total. The molecule has 0 fully saturated rings. The van der Waals surface area contributed by atoms with E-state index in [-0.39, 0.29) is 0 Å². The molecule has 1 aromatic heterocycles. The van der Waals surface area contributed by atoms with Gasteiger partial charge in [-0.3, -0.25) is 0 Å². The van der Waals surface area contributed by atoms with E-state index in [0.29, 0.717) is 0 Å². The lowest BCUT2D eigenvalue weighted by atomic mass is 9.91. The molecule has 10 aromatic carbocycles. The summed E-state index contributed by atoms with van der Waals surface area (Å²) in [6, 6.07) is 76.6. The Bertz CT molecular complexity index is 3250. The van der Waals surface area contributed by atoms with E-state index in [0.717, 1.165) is 55.7 Å². The van der Waals surface area contributed by atoms with Crippen LogP contribution in [-0.4, -0.2) is 0 Å². The summed E-state index contributed by atoms with van der Waals surface area (Å²) in [6.45, 7) is 0. The Hall–Kier alpha value is -7.42. The number of rotatable bonds is 6. The van der Waals surface area contributed by atoms with Gasteiger partial charge in [-0.15, -0.1) is 0 Å². The third-order valence-corrected chi connectivity index (χ3v) is 11.2. The minimum Gasteiger partial charge on any atom is -0.456 e. The molecule has 0 spiro atoms. The molecule has 0 aliphatic heterocycles. The molecule has 262 valence electrons. The van der Waals surface area contributed by atoms with E-state index in [4.69, 9.17) is 4.42 Å². The fraction of sp³-hybridized carbons (Fsp3) is 0. The van der Waals surface area contributed by atoms with Crippen molar-refractivity contribution in [2.75, 3.05) is 4.90 Å². The SMILES string of the molecule is c1ccc(-c2ccc(-c3cc4ccccc4c4ccccc34)cc2N(c2ccc(-c3ccc4ccccc4c3)cc2)c2ccc3c(c2)oc2ccccc23)cc1. The number of hydrogen-bond donors (Lipinski definition) is 0. The van der Waals surface area contributed by atoms with Crippen LogP contribution in [0.15, 0.2) is 217 Å². The van der Waals surface area contributed by atoms with Crippen LogP contribution >= 0.6 is 0 Å². The zero-order valence-electron chi connectivity index (χ0n) is 30.6. The van der Waals surface area contributed by atoms with E-state index in [1.807, 2.05) is 12.1 Å². The molecule has 0 radical (unpaired) electrons. The number of anilines is 3. The fourth-order valence-electron chi connectivity index (χ4n) is 8.49. The molecule has 0 unspecified atom stereocenters. The van der Waals surface area contributed by atoms with Crippen LogP contribution in [0.25, 0.3) is 87.6 Å². The van der Waals surface area contributed by atoms with Crippen LogP contribution in [-0.2, 0) is 0 Å². The van der Waals surface area contributed by atoms with Crippen molar-refractivity contribution in [2.24, 2.45) is 0 Å². The van der Waals surface area contributed by atoms with Gasteiger partial charge in [-0.2, -0.15) is 0 Å². The lowest BCUT2D eigenvalue weighted by Gasteiger charge is -2.29. The largest absolute Gasteiger partial charge is 0.456 e. The van der Waals surface area contributed by atoms with Crippen molar-refractivity contribution in [2.45, 2.75) is 0 Å². The first-order valence-electron chi connectivity index (χ1n) is 19.2. The highest BCUT2D eigenvalue weighted by molar-refractivity contribution is 6.14. The standard InChI is InChI=1S/C54H35NO/c1-2-13-38(14-3-1)46-30-26-42(51-33-41-16-6-7-17-45(41)47-18-8-9-19-48(47)51)34-52(46)55(44-29-31-50-49-20-10-11-21-53(49)56-54(50)35-44)43-27-24-37(25-28-43)40-23-22-36-12-4-5-15-39(36)32-40/h1-35H. The number of hydrogen-bond acceptors (Lipinski definition) is 2. The van der Waals surface area contributed by atoms with Crippen LogP contribution < -0.4 is 4.90 Å². The smallest absolute Gasteiger partial charge is 0.137 e. The van der Waals surface area contributed by atoms with Crippen LogP contribution in [0, 0.1) is 0 Å². The van der Waals surface area contributed by atoms with E-state index in [2.05, 4.69) is 205 Å². The van der Waals surface area contributed by atoms with Crippen molar-refractivity contribution < 1.29 is 4.42 Å². The first-order valence-corrected chi connectivity index (χ1v) is 19.2. The molecule has 0 saturated carbocycles. The summed E-state index contributed by atoms with van der Waals surface area (Å²) in [5.74, 6) is 0. The maximum Gasteiger partial charge on any atom is 0.137 e. The van der Waals surface area contributed by atoms with Gasteiger partial charge < -0.3 is 9.32 Å². The topological polar surface area (TPSA) is 16.4 Å². The minimum absolute atomic E-state index is 0.861. The Morgan fingerprint density at radius 1 is 0.286 bits per heavy atom. The highest BCUT2D eigenvalue weighted by atomic mass is 16.3. The third kappa shape index (κ3) is 5.42. The van der Waals surface area contributed by atoms with E-state index >= 15 is 0 Å². The van der Waals surface area contributed by atoms with Gasteiger partial charge in [0, 0.05) is 33.8 Å². The highest BCUT2D eigenvalue weighted by Gasteiger charge is 2.21. The summed E-state index contributed by atoms with van der Waals surface area (Å²) in [5, 5.41) is 9.69. The maximum atomic E-state index is 6.50. The van der Waals surface area contributed by atoms with Gasteiger partial charge in [0.25, 0.3) is 0 Å². The van der Waals surface area contributed by atoms with Gasteiger partial charge >= 0.3 is 0 Å². The van der Waals surface area contributed by atoms with Gasteiger partial charge in [0.05, 0.1) is 5.69 Å². The van der Waals surface area contributed by atoms with Gasteiger partial charge in [0.15, 0.2) is 0 Å². The molecule has 11 aromatic rings. The van der Waals surface area contributed by atoms with Crippen molar-refractivity contribution in [3.8, 4) is 33.4 Å². The molecule has 0 amide bonds. The predicted molar refractivity (Wildman–Crippen MR) is 237 cm³/mol. The summed E-state index contributed by atoms with van der Waals surface area (Å²) >= 11 is 0. The Morgan fingerprint density at radius 3 is 1.75 bits per heavy atom. The number of benzene rings is 10. The molecule has 0 aliphatic carbocycles. The van der Waals surface area contributed by atoms with Crippen molar-refractivity contribution in [3.05, 3.63) is 212 Å². The van der Waals surface area contributed by atoms with Crippen molar-refractivity contribution >= 4 is 71.3 Å². The van der Waals surface area contributed by atoms with Crippen molar-refractivity contribution in [3.63, 3.8) is 0 Å². The molecule has 56 heavy (non-hydrogen) atoms. The van der Waals surface area contributed by atoms with Gasteiger partial charge in [0.1, 0.15) is 11.2 Å². The normalized spacial score (nSPS) is 11.6. The highest BCUT2D eigenvalue weighted by Crippen LogP contribution is 2.46. The summed E-state index contributed by atoms with van der Waals surface area (Å²) < 4.78 is 6.50. The molecule has 0 atom stereocenters. The molecule has 0 N–H and O–H groups in total. The van der Waals surface area contributed by atoms with Crippen LogP contribution in [0.3, 0.4) is 0 Å². The first-order chi connectivity index (χ1) is 27.7. The first kappa shape index (κ1) is 32.0. The molecule has 1 heterocycles. The zero-order chi connectivity index (χ0) is 37.0. The lowest BCUT2D eigenvalue weighted by Crippen LogP contribution is -2.11. The van der Waals surface area contributed by atoms with E-state index < -0.39 is 0 Å². The van der Waals surface area contributed by atoms with E-state index in [1.165, 1.54) is 49.0 Å². The van der Waals surface area contributed by atoms with E-state index in [9.17, 15) is 0 Å². The summed E-state index contributed by atoms with van der Waals surface area (Å²) in [4.78, 5) is 2.39. The minimum atomic E-state index is 0.861. The molecular weight excluding hydrogens is 679 g/mol. The second-order valence-electron chi connectivity index (χ2n) is 14.5. The number of nitrogens with zero attached hydrogens (tertiary/aromatic N) is 1. The summed E-state index contributed by atoms with van der Waals surface area (Å²) in [7, 11) is 0. The molecular formula is C54H35NO. The monoisotopic (exact) mass is 713 g/mol. The quantitative estimate of drug-likeness (QED) is 0.160. The van der Waals surface area contributed by atoms with Crippen LogP contribution in [0.1, 0.15) is 0 Å². The van der Waals surface area contributed by atoms with Gasteiger partial charge in [-0.1, -0.05) is 158 Å². The number of para-hydroxylation sites is 1. The average molecular weight is 714 g/mol.